The Balaban J connectivity index is 2.87. The van der Waals surface area contributed by atoms with E-state index in [-0.39, 0.29) is 10.8 Å². The van der Waals surface area contributed by atoms with Crippen molar-refractivity contribution < 1.29 is 17.9 Å². The fourth-order valence-corrected chi connectivity index (χ4v) is 3.77. The molecule has 0 bridgehead atoms. The summed E-state index contributed by atoms with van der Waals surface area (Å²) < 4.78 is 31.6. The van der Waals surface area contributed by atoms with Gasteiger partial charge in [0.1, 0.15) is 0 Å². The molecule has 1 amide bonds. The Morgan fingerprint density at radius 1 is 1.13 bits per heavy atom. The van der Waals surface area contributed by atoms with Crippen molar-refractivity contribution in [3.8, 4) is 0 Å². The van der Waals surface area contributed by atoms with Crippen molar-refractivity contribution in [1.82, 2.24) is 9.62 Å². The van der Waals surface area contributed by atoms with E-state index in [0.717, 1.165) is 12.8 Å². The summed E-state index contributed by atoms with van der Waals surface area (Å²) in [6, 6.07) is 6.04. The van der Waals surface area contributed by atoms with Crippen LogP contribution in [0.1, 0.15) is 37.0 Å². The number of ether oxygens (including phenoxy) is 1. The molecular weight excluding hydrogens is 316 g/mol. The minimum atomic E-state index is -3.51. The Morgan fingerprint density at radius 2 is 1.70 bits per heavy atom. The van der Waals surface area contributed by atoms with Gasteiger partial charge < -0.3 is 10.1 Å². The molecule has 0 unspecified atom stereocenters. The van der Waals surface area contributed by atoms with Crippen molar-refractivity contribution in [2.75, 3.05) is 33.4 Å². The summed E-state index contributed by atoms with van der Waals surface area (Å²) >= 11 is 0. The van der Waals surface area contributed by atoms with E-state index in [4.69, 9.17) is 4.74 Å². The summed E-state index contributed by atoms with van der Waals surface area (Å²) in [6.07, 6.45) is 1.53. The molecule has 1 aromatic carbocycles. The second kappa shape index (κ2) is 9.64. The van der Waals surface area contributed by atoms with Crippen molar-refractivity contribution in [1.29, 1.82) is 0 Å². The molecule has 0 heterocycles. The highest BCUT2D eigenvalue weighted by Gasteiger charge is 2.23. The molecule has 1 aromatic rings. The summed E-state index contributed by atoms with van der Waals surface area (Å²) in [6.45, 7) is 5.74. The second-order valence-corrected chi connectivity index (χ2v) is 7.12. The predicted molar refractivity (Wildman–Crippen MR) is 90.0 cm³/mol. The first kappa shape index (κ1) is 19.6. The van der Waals surface area contributed by atoms with Crippen LogP contribution in [-0.4, -0.2) is 52.0 Å². The van der Waals surface area contributed by atoms with E-state index in [9.17, 15) is 13.2 Å². The van der Waals surface area contributed by atoms with Gasteiger partial charge >= 0.3 is 0 Å². The van der Waals surface area contributed by atoms with Crippen LogP contribution in [0.15, 0.2) is 29.2 Å². The van der Waals surface area contributed by atoms with E-state index in [2.05, 4.69) is 5.32 Å². The zero-order valence-corrected chi connectivity index (χ0v) is 14.9. The number of hydrogen-bond acceptors (Lipinski definition) is 4. The van der Waals surface area contributed by atoms with Crippen molar-refractivity contribution in [2.24, 2.45) is 0 Å². The lowest BCUT2D eigenvalue weighted by Crippen LogP contribution is -2.32. The summed E-state index contributed by atoms with van der Waals surface area (Å²) in [5.74, 6) is -0.245. The van der Waals surface area contributed by atoms with Gasteiger partial charge in [0.05, 0.1) is 11.5 Å². The molecule has 1 N–H and O–H groups in total. The number of hydrogen-bond donors (Lipinski definition) is 1. The molecule has 0 aromatic heterocycles. The molecule has 1 rings (SSSR count). The molecule has 23 heavy (non-hydrogen) atoms. The van der Waals surface area contributed by atoms with Gasteiger partial charge in [0.25, 0.3) is 5.91 Å². The lowest BCUT2D eigenvalue weighted by molar-refractivity contribution is 0.0937. The third-order valence-electron chi connectivity index (χ3n) is 3.29. The predicted octanol–water partition coefficient (Wildman–Crippen LogP) is 1.87. The number of methoxy groups -OCH3 is 1. The number of sulfonamides is 1. The number of amides is 1. The van der Waals surface area contributed by atoms with Crippen LogP contribution in [0, 0.1) is 0 Å². The topological polar surface area (TPSA) is 75.7 Å². The van der Waals surface area contributed by atoms with Gasteiger partial charge in [-0.05, 0) is 37.1 Å². The number of carbonyl (C=O) groups is 1. The smallest absolute Gasteiger partial charge is 0.251 e. The highest BCUT2D eigenvalue weighted by Crippen LogP contribution is 2.17. The summed E-state index contributed by atoms with van der Waals surface area (Å²) in [5.41, 5.74) is 0.428. The molecule has 0 fully saturated rings. The molecule has 0 aliphatic carbocycles. The van der Waals surface area contributed by atoms with Gasteiger partial charge in [-0.25, -0.2) is 8.42 Å². The molecule has 0 aliphatic rings. The van der Waals surface area contributed by atoms with Crippen LogP contribution >= 0.6 is 0 Å². The number of carbonyl (C=O) groups excluding carboxylic acids is 1. The molecule has 7 heteroatoms. The van der Waals surface area contributed by atoms with Crippen LogP contribution in [0.3, 0.4) is 0 Å². The quantitative estimate of drug-likeness (QED) is 0.659. The maximum atomic E-state index is 12.6. The number of rotatable bonds is 10. The van der Waals surface area contributed by atoms with Crippen LogP contribution < -0.4 is 5.32 Å². The normalized spacial score (nSPS) is 11.7. The standard InChI is InChI=1S/C16H26N2O4S/c1-4-11-18(12-5-2)23(20,21)15-8-6-14(7-9-15)16(19)17-10-13-22-3/h6-9H,4-5,10-13H2,1-3H3,(H,17,19). The number of benzene rings is 1. The van der Waals surface area contributed by atoms with Crippen molar-refractivity contribution in [2.45, 2.75) is 31.6 Å². The van der Waals surface area contributed by atoms with Crippen molar-refractivity contribution in [3.63, 3.8) is 0 Å². The van der Waals surface area contributed by atoms with Crippen molar-refractivity contribution >= 4 is 15.9 Å². The highest BCUT2D eigenvalue weighted by atomic mass is 32.2. The third kappa shape index (κ3) is 5.60. The monoisotopic (exact) mass is 342 g/mol. The Hall–Kier alpha value is -1.44. The Kier molecular flexibility index (Phi) is 8.22. The van der Waals surface area contributed by atoms with E-state index < -0.39 is 10.0 Å². The van der Waals surface area contributed by atoms with Gasteiger partial charge in [0.2, 0.25) is 10.0 Å². The van der Waals surface area contributed by atoms with E-state index in [1.165, 1.54) is 28.6 Å². The Morgan fingerprint density at radius 3 is 2.17 bits per heavy atom. The van der Waals surface area contributed by atoms with Gasteiger partial charge in [-0.2, -0.15) is 4.31 Å². The van der Waals surface area contributed by atoms with E-state index in [1.54, 1.807) is 7.11 Å². The van der Waals surface area contributed by atoms with Crippen LogP contribution in [0.5, 0.6) is 0 Å². The fourth-order valence-electron chi connectivity index (χ4n) is 2.15. The summed E-state index contributed by atoms with van der Waals surface area (Å²) in [4.78, 5) is 12.1. The van der Waals surface area contributed by atoms with Gasteiger partial charge in [0.15, 0.2) is 0 Å². The molecule has 0 atom stereocenters. The van der Waals surface area contributed by atoms with Gasteiger partial charge in [-0.3, -0.25) is 4.79 Å². The van der Waals surface area contributed by atoms with Crippen molar-refractivity contribution in [3.05, 3.63) is 29.8 Å². The summed E-state index contributed by atoms with van der Waals surface area (Å²) in [7, 11) is -1.95. The molecular formula is C16H26N2O4S. The van der Waals surface area contributed by atoms with E-state index in [0.29, 0.717) is 31.8 Å². The average Bonchev–Trinajstić information content (AvgIpc) is 2.55. The first-order valence-electron chi connectivity index (χ1n) is 7.84. The lowest BCUT2D eigenvalue weighted by atomic mass is 10.2. The van der Waals surface area contributed by atoms with Crippen LogP contribution in [0.4, 0.5) is 0 Å². The van der Waals surface area contributed by atoms with Crippen LogP contribution in [-0.2, 0) is 14.8 Å². The molecule has 0 radical (unpaired) electrons. The molecule has 0 spiro atoms. The lowest BCUT2D eigenvalue weighted by Gasteiger charge is -2.21. The molecule has 0 saturated heterocycles. The first-order chi connectivity index (χ1) is 11.0. The van der Waals surface area contributed by atoms with Gasteiger partial charge in [0, 0.05) is 32.3 Å². The van der Waals surface area contributed by atoms with E-state index in [1.807, 2.05) is 13.8 Å². The second-order valence-electron chi connectivity index (χ2n) is 5.18. The zero-order valence-electron chi connectivity index (χ0n) is 14.0. The molecule has 6 nitrogen and oxygen atoms in total. The minimum Gasteiger partial charge on any atom is -0.383 e. The molecule has 0 saturated carbocycles. The first-order valence-corrected chi connectivity index (χ1v) is 9.28. The Bertz CT molecular complexity index is 579. The van der Waals surface area contributed by atoms with E-state index >= 15 is 0 Å². The SMILES string of the molecule is CCCN(CCC)S(=O)(=O)c1ccc(C(=O)NCCOC)cc1. The Labute approximate surface area is 138 Å². The maximum Gasteiger partial charge on any atom is 0.251 e. The summed E-state index contributed by atoms with van der Waals surface area (Å²) in [5, 5.41) is 2.70. The van der Waals surface area contributed by atoms with Gasteiger partial charge in [-0.1, -0.05) is 13.8 Å². The molecule has 130 valence electrons. The average molecular weight is 342 g/mol. The number of nitrogens with one attached hydrogen (secondary N) is 1. The number of nitrogens with zero attached hydrogens (tertiary/aromatic N) is 1. The van der Waals surface area contributed by atoms with Crippen LogP contribution in [0.25, 0.3) is 0 Å². The third-order valence-corrected chi connectivity index (χ3v) is 5.20. The molecule has 0 aliphatic heterocycles. The zero-order chi connectivity index (χ0) is 17.3. The minimum absolute atomic E-state index is 0.216. The fraction of sp³-hybridized carbons (Fsp3) is 0.562. The largest absolute Gasteiger partial charge is 0.383 e. The highest BCUT2D eigenvalue weighted by molar-refractivity contribution is 7.89. The van der Waals surface area contributed by atoms with Crippen LogP contribution in [0.2, 0.25) is 0 Å². The maximum absolute atomic E-state index is 12.6. The van der Waals surface area contributed by atoms with Gasteiger partial charge in [-0.15, -0.1) is 0 Å².